The van der Waals surface area contributed by atoms with Crippen molar-refractivity contribution in [1.82, 2.24) is 0 Å². The second-order valence-corrected chi connectivity index (χ2v) is 3.96. The molecule has 1 aromatic rings. The van der Waals surface area contributed by atoms with Crippen LogP contribution in [0.25, 0.3) is 0 Å². The van der Waals surface area contributed by atoms with Gasteiger partial charge in [0.2, 0.25) is 0 Å². The minimum atomic E-state index is -0.658. The number of hydrogen-bond donors (Lipinski definition) is 1. The minimum absolute atomic E-state index is 0.0245. The van der Waals surface area contributed by atoms with Crippen molar-refractivity contribution >= 4 is 34.8 Å². The Labute approximate surface area is 86.1 Å². The van der Waals surface area contributed by atoms with Gasteiger partial charge in [0.1, 0.15) is 0 Å². The van der Waals surface area contributed by atoms with Crippen LogP contribution in [0.1, 0.15) is 5.56 Å². The molecule has 0 heterocycles. The van der Waals surface area contributed by atoms with E-state index in [0.29, 0.717) is 11.3 Å². The topological polar surface area (TPSA) is 52.9 Å². The fourth-order valence-corrected chi connectivity index (χ4v) is 1.28. The molecule has 1 N–H and O–H groups in total. The monoisotopic (exact) mass is 286 g/mol. The van der Waals surface area contributed by atoms with E-state index in [1.54, 1.807) is 24.3 Å². The highest BCUT2D eigenvalue weighted by atomic mass is 127. The van der Waals surface area contributed by atoms with Crippen molar-refractivity contribution in [3.8, 4) is 6.07 Å². The third-order valence-corrected chi connectivity index (χ3v) is 2.34. The van der Waals surface area contributed by atoms with Crippen LogP contribution in [0.15, 0.2) is 24.3 Å². The number of nitriles is 1. The van der Waals surface area contributed by atoms with Gasteiger partial charge in [-0.3, -0.25) is 4.79 Å². The Bertz CT molecular complexity index is 364. The number of nitrogens with one attached hydrogen (secondary N) is 1. The van der Waals surface area contributed by atoms with Crippen LogP contribution in [0.5, 0.6) is 0 Å². The lowest BCUT2D eigenvalue weighted by molar-refractivity contribution is 0.272. The fourth-order valence-electron chi connectivity index (χ4n) is 0.775. The SMILES string of the molecule is C=IC(=O)Nc1ccc(C#N)cc1. The van der Waals surface area contributed by atoms with Crippen LogP contribution in [0.2, 0.25) is 0 Å². The van der Waals surface area contributed by atoms with E-state index in [1.807, 2.05) is 6.07 Å². The van der Waals surface area contributed by atoms with E-state index in [4.69, 9.17) is 5.26 Å². The van der Waals surface area contributed by atoms with Gasteiger partial charge in [-0.2, -0.15) is 5.26 Å². The van der Waals surface area contributed by atoms with Crippen LogP contribution in [0.4, 0.5) is 10.5 Å². The summed E-state index contributed by atoms with van der Waals surface area (Å²) in [6.07, 6.45) is 0. The Morgan fingerprint density at radius 3 is 2.54 bits per heavy atom. The largest absolute Gasteiger partial charge is 0.318 e. The molecule has 0 saturated heterocycles. The summed E-state index contributed by atoms with van der Waals surface area (Å²) in [6, 6.07) is 8.74. The average molecular weight is 286 g/mol. The quantitative estimate of drug-likeness (QED) is 0.516. The summed E-state index contributed by atoms with van der Waals surface area (Å²) >= 11 is -0.658. The number of carbonyl (C=O) groups is 1. The van der Waals surface area contributed by atoms with Crippen molar-refractivity contribution < 1.29 is 4.79 Å². The molecule has 0 bridgehead atoms. The van der Waals surface area contributed by atoms with Crippen molar-refractivity contribution in [2.75, 3.05) is 5.32 Å². The molecular weight excluding hydrogens is 279 g/mol. The minimum Gasteiger partial charge on any atom is -0.318 e. The molecule has 0 aromatic heterocycles. The number of anilines is 1. The van der Waals surface area contributed by atoms with Gasteiger partial charge in [0.15, 0.2) is 0 Å². The zero-order valence-electron chi connectivity index (χ0n) is 6.75. The Hall–Kier alpha value is -1.22. The smallest absolute Gasteiger partial charge is 0.278 e. The number of benzene rings is 1. The number of halogens is 1. The molecule has 1 rings (SSSR count). The van der Waals surface area contributed by atoms with Crippen LogP contribution in [-0.4, -0.2) is 8.43 Å². The van der Waals surface area contributed by atoms with Gasteiger partial charge in [-0.1, -0.05) is 4.51 Å². The Balaban J connectivity index is 2.76. The van der Waals surface area contributed by atoms with Crippen LogP contribution in [0.3, 0.4) is 0 Å². The maximum absolute atomic E-state index is 10.9. The van der Waals surface area contributed by atoms with E-state index in [9.17, 15) is 4.79 Å². The highest BCUT2D eigenvalue weighted by molar-refractivity contribution is 14.2. The van der Waals surface area contributed by atoms with E-state index in [0.717, 1.165) is 0 Å². The van der Waals surface area contributed by atoms with Crippen LogP contribution >= 0.6 is 20.7 Å². The van der Waals surface area contributed by atoms with Crippen molar-refractivity contribution in [3.05, 3.63) is 29.8 Å². The molecule has 3 nitrogen and oxygen atoms in total. The molecule has 13 heavy (non-hydrogen) atoms. The van der Waals surface area contributed by atoms with Gasteiger partial charge in [0.05, 0.1) is 11.6 Å². The average Bonchev–Trinajstić information content (AvgIpc) is 2.19. The first-order chi connectivity index (χ1) is 6.26. The molecule has 0 saturated carbocycles. The van der Waals surface area contributed by atoms with Crippen LogP contribution in [-0.2, 0) is 0 Å². The van der Waals surface area contributed by atoms with Gasteiger partial charge >= 0.3 is 0 Å². The van der Waals surface area contributed by atoms with Crippen molar-refractivity contribution in [2.45, 2.75) is 0 Å². The van der Waals surface area contributed by atoms with E-state index in [2.05, 4.69) is 9.83 Å². The van der Waals surface area contributed by atoms with E-state index < -0.39 is 20.7 Å². The molecule has 1 aromatic carbocycles. The number of amides is 1. The first-order valence-corrected chi connectivity index (χ1v) is 6.06. The van der Waals surface area contributed by atoms with Crippen molar-refractivity contribution in [2.24, 2.45) is 0 Å². The highest BCUT2D eigenvalue weighted by Crippen LogP contribution is 2.10. The zero-order chi connectivity index (χ0) is 9.68. The maximum Gasteiger partial charge on any atom is 0.278 e. The molecule has 0 aliphatic rings. The summed E-state index contributed by atoms with van der Waals surface area (Å²) in [6.45, 7) is 0. The lowest BCUT2D eigenvalue weighted by Gasteiger charge is -1.99. The standard InChI is InChI=1S/C9H7IN2O/c1-10-9(13)12-8-4-2-7(6-11)3-5-8/h2-5H,1H2,(H,12,13). The molecule has 4 heteroatoms. The summed E-state index contributed by atoms with van der Waals surface area (Å²) in [5.74, 6) is 0. The molecule has 0 atom stereocenters. The Morgan fingerprint density at radius 1 is 1.46 bits per heavy atom. The first kappa shape index (κ1) is 9.86. The summed E-state index contributed by atoms with van der Waals surface area (Å²) in [4.78, 5) is 10.9. The number of hydrogen-bond acceptors (Lipinski definition) is 2. The van der Waals surface area contributed by atoms with Crippen LogP contribution in [0, 0.1) is 11.3 Å². The van der Waals surface area contributed by atoms with Gasteiger partial charge in [-0.15, -0.1) is 0 Å². The predicted molar refractivity (Wildman–Crippen MR) is 61.3 cm³/mol. The summed E-state index contributed by atoms with van der Waals surface area (Å²) in [5, 5.41) is 11.2. The van der Waals surface area contributed by atoms with Gasteiger partial charge in [0.25, 0.3) is 3.91 Å². The molecule has 0 spiro atoms. The van der Waals surface area contributed by atoms with E-state index in [-0.39, 0.29) is 3.91 Å². The molecule has 66 valence electrons. The summed E-state index contributed by atoms with van der Waals surface area (Å²) in [5.41, 5.74) is 1.30. The summed E-state index contributed by atoms with van der Waals surface area (Å²) in [7, 11) is 0. The lowest BCUT2D eigenvalue weighted by atomic mass is 10.2. The molecule has 0 aliphatic heterocycles. The number of nitrogens with zero attached hydrogens (tertiary/aromatic N) is 1. The van der Waals surface area contributed by atoms with Crippen LogP contribution < -0.4 is 5.32 Å². The van der Waals surface area contributed by atoms with Gasteiger partial charge in [0, 0.05) is 5.69 Å². The molecule has 0 unspecified atom stereocenters. The number of carbonyl (C=O) groups excluding carboxylic acids is 1. The second-order valence-electron chi connectivity index (χ2n) is 2.22. The predicted octanol–water partition coefficient (Wildman–Crippen LogP) is 2.49. The van der Waals surface area contributed by atoms with Gasteiger partial charge < -0.3 is 5.32 Å². The molecule has 0 aliphatic carbocycles. The zero-order valence-corrected chi connectivity index (χ0v) is 8.91. The first-order valence-electron chi connectivity index (χ1n) is 3.46. The van der Waals surface area contributed by atoms with Gasteiger partial charge in [-0.05, 0) is 45.0 Å². The Morgan fingerprint density at radius 2 is 2.08 bits per heavy atom. The maximum atomic E-state index is 10.9. The fraction of sp³-hybridized carbons (Fsp3) is 0. The molecule has 0 radical (unpaired) electrons. The summed E-state index contributed by atoms with van der Waals surface area (Å²) < 4.78 is 3.54. The van der Waals surface area contributed by atoms with E-state index in [1.165, 1.54) is 0 Å². The van der Waals surface area contributed by atoms with Crippen molar-refractivity contribution in [1.29, 1.82) is 5.26 Å². The lowest BCUT2D eigenvalue weighted by Crippen LogP contribution is -2.00. The molecular formula is C9H7IN2O. The molecule has 0 fully saturated rings. The van der Waals surface area contributed by atoms with Crippen molar-refractivity contribution in [3.63, 3.8) is 0 Å². The van der Waals surface area contributed by atoms with Gasteiger partial charge in [-0.25, -0.2) is 0 Å². The third kappa shape index (κ3) is 2.95. The normalized spacial score (nSPS) is 8.85. The van der Waals surface area contributed by atoms with E-state index >= 15 is 0 Å². The highest BCUT2D eigenvalue weighted by Gasteiger charge is 1.96. The number of rotatable bonds is 2. The third-order valence-electron chi connectivity index (χ3n) is 1.38. The second kappa shape index (κ2) is 4.72. The molecule has 1 amide bonds. The Kier molecular flexibility index (Phi) is 3.58.